The van der Waals surface area contributed by atoms with Crippen LogP contribution < -0.4 is 0 Å². The maximum absolute atomic E-state index is 7.60. The van der Waals surface area contributed by atoms with E-state index in [1.807, 2.05) is 54.9 Å². The molecule has 98 heavy (non-hydrogen) atoms. The number of hydrogen-bond donors (Lipinski definition) is 0. The second-order valence-electron chi connectivity index (χ2n) is 25.6. The van der Waals surface area contributed by atoms with Crippen molar-refractivity contribution >= 4 is 120 Å². The molecule has 0 spiro atoms. The average Bonchev–Trinajstić information content (AvgIpc) is 0.917. The summed E-state index contributed by atoms with van der Waals surface area (Å²) in [6, 6.07) is 116. The van der Waals surface area contributed by atoms with Gasteiger partial charge in [0.1, 0.15) is 0 Å². The Morgan fingerprint density at radius 1 is 0.224 bits per heavy atom. The van der Waals surface area contributed by atoms with Crippen molar-refractivity contribution in [3.63, 3.8) is 0 Å². The van der Waals surface area contributed by atoms with E-state index in [-0.39, 0.29) is 0 Å². The molecule has 0 aliphatic carbocycles. The largest absolute Gasteiger partial charge is 0.310 e. The summed E-state index contributed by atoms with van der Waals surface area (Å²) < 4.78 is 4.56. The first kappa shape index (κ1) is 56.1. The number of aromatic nitrogens is 3. The quantitative estimate of drug-likeness (QED) is 0.110. The fourth-order valence-electron chi connectivity index (χ4n) is 15.4. The van der Waals surface area contributed by atoms with Crippen LogP contribution in [0.2, 0.25) is 0 Å². The van der Waals surface area contributed by atoms with E-state index in [1.54, 1.807) is 0 Å². The molecule has 17 aromatic carbocycles. The van der Waals surface area contributed by atoms with Gasteiger partial charge in [0.05, 0.1) is 24.2 Å². The van der Waals surface area contributed by atoms with Gasteiger partial charge in [0.25, 0.3) is 0 Å². The van der Waals surface area contributed by atoms with Crippen molar-refractivity contribution in [2.45, 2.75) is 0 Å². The molecule has 0 unspecified atom stereocenters. The van der Waals surface area contributed by atoms with Crippen molar-refractivity contribution in [2.24, 2.45) is 0 Å². The van der Waals surface area contributed by atoms with Crippen LogP contribution in [0.1, 0.15) is 0 Å². The molecule has 3 heterocycles. The molecule has 3 aromatic heterocycles. The van der Waals surface area contributed by atoms with E-state index in [0.717, 1.165) is 60.9 Å². The van der Waals surface area contributed by atoms with Crippen molar-refractivity contribution < 1.29 is 0 Å². The fraction of sp³-hybridized carbons (Fsp3) is 0. The molecule has 5 nitrogen and oxygen atoms in total. The van der Waals surface area contributed by atoms with E-state index < -0.39 is 0 Å². The Morgan fingerprint density at radius 3 is 0.827 bits per heavy atom. The third-order valence-electron chi connectivity index (χ3n) is 20.1. The first-order chi connectivity index (χ1) is 48.4. The van der Waals surface area contributed by atoms with E-state index in [1.165, 1.54) is 125 Å². The number of benzene rings is 17. The maximum Gasteiger partial charge on any atom is 0.189 e. The van der Waals surface area contributed by atoms with Crippen LogP contribution in [-0.2, 0) is 0 Å². The second kappa shape index (κ2) is 22.6. The standard InChI is InChI=1S/C47H28N2.C46H27N3/c1-48-40-21-23-43-42-22-20-33(28-44(42)49(45(43)29-40)41-10-6-3-7-11-41)31-12-14-32(15-13-31)39-26-36-18-16-34-24-38(30-8-4-2-5-9-30)25-35-17-19-37(27-39)47(36)46(34)35;1-47-39-18-20-42-41-19-17-31(26-43(41)49(44(42)27-39)40-7-3-2-4-8-40)29-9-11-30(12-10-29)37-22-32-13-15-34-24-38(36-6-5-21-48-28-36)25-35-16-14-33(23-37)45(32)46(34)35/h2-29H;2-28H. The minimum Gasteiger partial charge on any atom is -0.310 e. The van der Waals surface area contributed by atoms with E-state index in [2.05, 4.69) is 303 Å². The summed E-state index contributed by atoms with van der Waals surface area (Å²) in [4.78, 5) is 11.8. The van der Waals surface area contributed by atoms with Crippen molar-refractivity contribution in [3.8, 4) is 78.1 Å². The Morgan fingerprint density at radius 2 is 0.500 bits per heavy atom. The summed E-state index contributed by atoms with van der Waals surface area (Å²) in [6.07, 6.45) is 3.75. The lowest BCUT2D eigenvalue weighted by Crippen LogP contribution is -1.93. The van der Waals surface area contributed by atoms with Gasteiger partial charge in [-0.2, -0.15) is 0 Å². The normalized spacial score (nSPS) is 11.7. The Kier molecular flexibility index (Phi) is 13.0. The van der Waals surface area contributed by atoms with Crippen molar-refractivity contribution in [1.82, 2.24) is 14.1 Å². The third-order valence-corrected chi connectivity index (χ3v) is 20.1. The summed E-state index contributed by atoms with van der Waals surface area (Å²) in [6.45, 7) is 15.2. The van der Waals surface area contributed by atoms with Crippen LogP contribution in [0.15, 0.2) is 334 Å². The molecule has 0 fully saturated rings. The number of rotatable bonds is 8. The highest BCUT2D eigenvalue weighted by molar-refractivity contribution is 6.26. The first-order valence-corrected chi connectivity index (χ1v) is 33.1. The number of pyridine rings is 1. The van der Waals surface area contributed by atoms with Gasteiger partial charge < -0.3 is 9.13 Å². The van der Waals surface area contributed by atoms with E-state index in [9.17, 15) is 0 Å². The van der Waals surface area contributed by atoms with Crippen LogP contribution in [0, 0.1) is 13.1 Å². The van der Waals surface area contributed by atoms with Crippen LogP contribution >= 0.6 is 0 Å². The summed E-state index contributed by atoms with van der Waals surface area (Å²) in [5.41, 5.74) is 22.1. The summed E-state index contributed by atoms with van der Waals surface area (Å²) in [5, 5.41) is 20.1. The highest BCUT2D eigenvalue weighted by Gasteiger charge is 2.19. The zero-order valence-electron chi connectivity index (χ0n) is 53.0. The Balaban J connectivity index is 0.000000137. The van der Waals surface area contributed by atoms with Gasteiger partial charge in [-0.3, -0.25) is 4.98 Å². The molecule has 0 N–H and O–H groups in total. The zero-order chi connectivity index (χ0) is 65.0. The summed E-state index contributed by atoms with van der Waals surface area (Å²) in [7, 11) is 0. The predicted octanol–water partition coefficient (Wildman–Crippen LogP) is 25.9. The predicted molar refractivity (Wildman–Crippen MR) is 412 cm³/mol. The molecular formula is C93H55N5. The third kappa shape index (κ3) is 9.33. The molecule has 20 rings (SSSR count). The van der Waals surface area contributed by atoms with Gasteiger partial charge in [-0.15, -0.1) is 0 Å². The lowest BCUT2D eigenvalue weighted by atomic mass is 9.89. The first-order valence-electron chi connectivity index (χ1n) is 33.1. The van der Waals surface area contributed by atoms with Crippen LogP contribution in [0.3, 0.4) is 0 Å². The van der Waals surface area contributed by atoms with Crippen molar-refractivity contribution in [1.29, 1.82) is 0 Å². The van der Waals surface area contributed by atoms with E-state index in [0.29, 0.717) is 11.4 Å². The monoisotopic (exact) mass is 1240 g/mol. The molecule has 0 aliphatic heterocycles. The minimum absolute atomic E-state index is 0.644. The maximum atomic E-state index is 7.60. The fourth-order valence-corrected chi connectivity index (χ4v) is 15.4. The van der Waals surface area contributed by atoms with E-state index in [4.69, 9.17) is 13.1 Å². The Labute approximate surface area is 565 Å². The van der Waals surface area contributed by atoms with E-state index >= 15 is 0 Å². The highest BCUT2D eigenvalue weighted by Crippen LogP contribution is 2.44. The molecule has 0 radical (unpaired) electrons. The van der Waals surface area contributed by atoms with Gasteiger partial charge in [-0.1, -0.05) is 218 Å². The van der Waals surface area contributed by atoms with Crippen molar-refractivity contribution in [2.75, 3.05) is 0 Å². The SMILES string of the molecule is [C-]#[N+]c1ccc2c3ccc(-c4ccc(-c5cc6ccc7cc(-c8ccccc8)cc8ccc(c5)c6c78)cc4)cc3n(-c3ccccc3)c2c1.[C-]#[N+]c1ccc2c3ccc(-c4ccc(-c5cc6ccc7cc(-c8cccnc8)cc8ccc(c5)c6c78)cc4)cc3n(-c3ccccc3)c2c1. The molecule has 452 valence electrons. The smallest absolute Gasteiger partial charge is 0.189 e. The minimum atomic E-state index is 0.644. The van der Waals surface area contributed by atoms with Crippen LogP contribution in [0.5, 0.6) is 0 Å². The topological polar surface area (TPSA) is 31.5 Å². The number of nitrogens with zero attached hydrogens (tertiary/aromatic N) is 5. The Hall–Kier alpha value is -13.5. The van der Waals surface area contributed by atoms with Gasteiger partial charge in [0.15, 0.2) is 11.4 Å². The molecule has 0 atom stereocenters. The van der Waals surface area contributed by atoms with Crippen LogP contribution in [0.25, 0.3) is 196 Å². The zero-order valence-corrected chi connectivity index (χ0v) is 53.0. The van der Waals surface area contributed by atoms with Gasteiger partial charge in [0, 0.05) is 61.9 Å². The lowest BCUT2D eigenvalue weighted by Gasteiger charge is -2.15. The van der Waals surface area contributed by atoms with Gasteiger partial charge >= 0.3 is 0 Å². The van der Waals surface area contributed by atoms with Gasteiger partial charge in [-0.05, 0) is 229 Å². The molecule has 0 aliphatic rings. The highest BCUT2D eigenvalue weighted by atomic mass is 15.0. The van der Waals surface area contributed by atoms with Crippen molar-refractivity contribution in [3.05, 3.63) is 357 Å². The summed E-state index contributed by atoms with van der Waals surface area (Å²) in [5.74, 6) is 0. The van der Waals surface area contributed by atoms with Gasteiger partial charge in [-0.25, -0.2) is 9.69 Å². The molecule has 0 saturated carbocycles. The second-order valence-corrected chi connectivity index (χ2v) is 25.6. The van der Waals surface area contributed by atoms with Crippen LogP contribution in [-0.4, -0.2) is 14.1 Å². The Bertz CT molecular complexity index is 6100. The molecule has 0 amide bonds. The van der Waals surface area contributed by atoms with Crippen LogP contribution in [0.4, 0.5) is 11.4 Å². The molecular weight excluding hydrogens is 1190 g/mol. The molecule has 0 saturated heterocycles. The number of hydrogen-bond acceptors (Lipinski definition) is 1. The number of fused-ring (bicyclic) bond motifs is 6. The molecule has 5 heteroatoms. The summed E-state index contributed by atoms with van der Waals surface area (Å²) >= 11 is 0. The molecule has 0 bridgehead atoms. The van der Waals surface area contributed by atoms with Gasteiger partial charge in [0.2, 0.25) is 0 Å². The number of para-hydroxylation sites is 2. The lowest BCUT2D eigenvalue weighted by molar-refractivity contribution is 1.18. The average molecular weight is 1240 g/mol. The molecule has 20 aromatic rings.